The Hall–Kier alpha value is -2.70. The zero-order valence-corrected chi connectivity index (χ0v) is 10.4. The quantitative estimate of drug-likeness (QED) is 0.740. The zero-order valence-electron chi connectivity index (χ0n) is 10.4. The van der Waals surface area contributed by atoms with E-state index in [0.29, 0.717) is 28.0 Å². The van der Waals surface area contributed by atoms with Crippen molar-refractivity contribution in [1.82, 2.24) is 25.2 Å². The summed E-state index contributed by atoms with van der Waals surface area (Å²) in [7, 11) is 3.27. The maximum atomic E-state index is 10.4. The van der Waals surface area contributed by atoms with Crippen LogP contribution in [0.1, 0.15) is 0 Å². The number of hydrogen-bond acceptors (Lipinski definition) is 6. The van der Waals surface area contributed by atoms with Crippen molar-refractivity contribution in [2.45, 2.75) is 0 Å². The molecule has 7 nitrogen and oxygen atoms in total. The first-order chi connectivity index (χ1) is 9.20. The molecular formula is C12H11N5O2. The Balaban J connectivity index is 2.28. The molecule has 0 amide bonds. The summed E-state index contributed by atoms with van der Waals surface area (Å²) < 4.78 is 6.62. The number of aromatic hydroxyl groups is 1. The van der Waals surface area contributed by atoms with Gasteiger partial charge in [0.05, 0.1) is 18.2 Å². The largest absolute Gasteiger partial charge is 0.506 e. The summed E-state index contributed by atoms with van der Waals surface area (Å²) in [4.78, 5) is 4.29. The van der Waals surface area contributed by atoms with Gasteiger partial charge >= 0.3 is 0 Å². The molecule has 0 spiro atoms. The van der Waals surface area contributed by atoms with E-state index in [1.165, 1.54) is 4.68 Å². The molecule has 19 heavy (non-hydrogen) atoms. The van der Waals surface area contributed by atoms with E-state index in [-0.39, 0.29) is 5.75 Å². The standard InChI is InChI=1S/C12H11N5O2/c1-17-12(14-15-16-17)9-6-13-10-4-3-7(19-2)5-8(10)11(9)18/h3-6H,1-2H3,(H,13,18). The number of tetrazole rings is 1. The highest BCUT2D eigenvalue weighted by Gasteiger charge is 2.15. The minimum Gasteiger partial charge on any atom is -0.506 e. The first kappa shape index (κ1) is 11.4. The maximum Gasteiger partial charge on any atom is 0.187 e. The minimum atomic E-state index is 0.0850. The number of methoxy groups -OCH3 is 1. The number of ether oxygens (including phenoxy) is 1. The summed E-state index contributed by atoms with van der Waals surface area (Å²) in [5.74, 6) is 1.19. The number of aromatic nitrogens is 5. The Bertz CT molecular complexity index is 753. The van der Waals surface area contributed by atoms with Gasteiger partial charge in [-0.1, -0.05) is 0 Å². The zero-order chi connectivity index (χ0) is 13.4. The third kappa shape index (κ3) is 1.75. The van der Waals surface area contributed by atoms with E-state index in [9.17, 15) is 5.11 Å². The first-order valence-electron chi connectivity index (χ1n) is 5.59. The second-order valence-corrected chi connectivity index (χ2v) is 4.03. The second-order valence-electron chi connectivity index (χ2n) is 4.03. The van der Waals surface area contributed by atoms with E-state index in [0.717, 1.165) is 0 Å². The van der Waals surface area contributed by atoms with Gasteiger partial charge in [-0.05, 0) is 28.6 Å². The fourth-order valence-corrected chi connectivity index (χ4v) is 1.91. The van der Waals surface area contributed by atoms with E-state index >= 15 is 0 Å². The van der Waals surface area contributed by atoms with Crippen LogP contribution < -0.4 is 4.74 Å². The lowest BCUT2D eigenvalue weighted by Crippen LogP contribution is -1.96. The Morgan fingerprint density at radius 2 is 2.16 bits per heavy atom. The molecule has 0 unspecified atom stereocenters. The van der Waals surface area contributed by atoms with Crippen LogP contribution in [0.25, 0.3) is 22.3 Å². The summed E-state index contributed by atoms with van der Waals surface area (Å²) in [6.45, 7) is 0. The molecule has 3 rings (SSSR count). The molecule has 0 aliphatic carbocycles. The Morgan fingerprint density at radius 3 is 2.84 bits per heavy atom. The average Bonchev–Trinajstić information content (AvgIpc) is 2.85. The lowest BCUT2D eigenvalue weighted by atomic mass is 10.1. The smallest absolute Gasteiger partial charge is 0.187 e. The van der Waals surface area contributed by atoms with Gasteiger partial charge in [-0.3, -0.25) is 4.98 Å². The van der Waals surface area contributed by atoms with E-state index < -0.39 is 0 Å². The molecule has 7 heteroatoms. The average molecular weight is 257 g/mol. The van der Waals surface area contributed by atoms with Crippen LogP contribution in [0.4, 0.5) is 0 Å². The number of hydrogen-bond donors (Lipinski definition) is 1. The van der Waals surface area contributed by atoms with Crippen molar-refractivity contribution in [1.29, 1.82) is 0 Å². The lowest BCUT2D eigenvalue weighted by Gasteiger charge is -2.07. The monoisotopic (exact) mass is 257 g/mol. The third-order valence-electron chi connectivity index (χ3n) is 2.91. The maximum absolute atomic E-state index is 10.4. The topological polar surface area (TPSA) is 86.0 Å². The number of pyridine rings is 1. The molecule has 96 valence electrons. The van der Waals surface area contributed by atoms with Gasteiger partial charge in [0.25, 0.3) is 0 Å². The van der Waals surface area contributed by atoms with E-state index in [1.54, 1.807) is 38.6 Å². The molecule has 0 fully saturated rings. The predicted octanol–water partition coefficient (Wildman–Crippen LogP) is 1.14. The van der Waals surface area contributed by atoms with E-state index in [1.807, 2.05) is 0 Å². The van der Waals surface area contributed by atoms with Gasteiger partial charge in [0.2, 0.25) is 0 Å². The molecule has 2 aromatic heterocycles. The molecule has 1 N–H and O–H groups in total. The SMILES string of the molecule is COc1ccc2ncc(-c3nnnn3C)c(O)c2c1. The predicted molar refractivity (Wildman–Crippen MR) is 67.8 cm³/mol. The van der Waals surface area contributed by atoms with Gasteiger partial charge in [0, 0.05) is 18.6 Å². The Morgan fingerprint density at radius 1 is 1.32 bits per heavy atom. The minimum absolute atomic E-state index is 0.0850. The van der Waals surface area contributed by atoms with Crippen LogP contribution in [0.3, 0.4) is 0 Å². The number of aryl methyl sites for hydroxylation is 1. The van der Waals surface area contributed by atoms with Crippen LogP contribution in [0.5, 0.6) is 11.5 Å². The lowest BCUT2D eigenvalue weighted by molar-refractivity contribution is 0.415. The number of fused-ring (bicyclic) bond motifs is 1. The fraction of sp³-hybridized carbons (Fsp3) is 0.167. The van der Waals surface area contributed by atoms with Gasteiger partial charge in [0.15, 0.2) is 5.82 Å². The highest BCUT2D eigenvalue weighted by molar-refractivity contribution is 5.91. The van der Waals surface area contributed by atoms with E-state index in [4.69, 9.17) is 4.74 Å². The Labute approximate surface area is 108 Å². The van der Waals surface area contributed by atoms with Crippen LogP contribution in [-0.2, 0) is 7.05 Å². The van der Waals surface area contributed by atoms with Crippen molar-refractivity contribution in [2.24, 2.45) is 7.05 Å². The van der Waals surface area contributed by atoms with Gasteiger partial charge in [-0.2, -0.15) is 0 Å². The summed E-state index contributed by atoms with van der Waals surface area (Å²) in [5, 5.41) is 22.1. The normalized spacial score (nSPS) is 10.8. The van der Waals surface area contributed by atoms with Crippen LogP contribution >= 0.6 is 0 Å². The molecule has 0 atom stereocenters. The Kier molecular flexibility index (Phi) is 2.52. The fourth-order valence-electron chi connectivity index (χ4n) is 1.91. The van der Waals surface area contributed by atoms with Crippen molar-refractivity contribution in [3.05, 3.63) is 24.4 Å². The first-order valence-corrected chi connectivity index (χ1v) is 5.59. The van der Waals surface area contributed by atoms with E-state index in [2.05, 4.69) is 20.5 Å². The third-order valence-corrected chi connectivity index (χ3v) is 2.91. The summed E-state index contributed by atoms with van der Waals surface area (Å²) in [6.07, 6.45) is 1.55. The molecule has 0 saturated heterocycles. The molecule has 3 aromatic rings. The van der Waals surface area contributed by atoms with Crippen LogP contribution in [0.15, 0.2) is 24.4 Å². The molecule has 2 heterocycles. The summed E-state index contributed by atoms with van der Waals surface area (Å²) in [6, 6.07) is 5.30. The highest BCUT2D eigenvalue weighted by atomic mass is 16.5. The van der Waals surface area contributed by atoms with Crippen molar-refractivity contribution in [2.75, 3.05) is 7.11 Å². The number of benzene rings is 1. The number of rotatable bonds is 2. The summed E-state index contributed by atoms with van der Waals surface area (Å²) >= 11 is 0. The van der Waals surface area contributed by atoms with Crippen molar-refractivity contribution < 1.29 is 9.84 Å². The van der Waals surface area contributed by atoms with Crippen LogP contribution in [0, 0.1) is 0 Å². The molecule has 0 bridgehead atoms. The van der Waals surface area contributed by atoms with Crippen molar-refractivity contribution in [3.63, 3.8) is 0 Å². The molecule has 1 aromatic carbocycles. The van der Waals surface area contributed by atoms with Crippen molar-refractivity contribution in [3.8, 4) is 22.9 Å². The number of nitrogens with zero attached hydrogens (tertiary/aromatic N) is 5. The highest BCUT2D eigenvalue weighted by Crippen LogP contribution is 2.34. The molecule has 0 aliphatic heterocycles. The van der Waals surface area contributed by atoms with Gasteiger partial charge < -0.3 is 9.84 Å². The second kappa shape index (κ2) is 4.20. The molecule has 0 aliphatic rings. The van der Waals surface area contributed by atoms with Crippen LogP contribution in [-0.4, -0.2) is 37.4 Å². The van der Waals surface area contributed by atoms with Gasteiger partial charge in [0.1, 0.15) is 11.5 Å². The van der Waals surface area contributed by atoms with Gasteiger partial charge in [-0.15, -0.1) is 5.10 Å². The van der Waals surface area contributed by atoms with Crippen LogP contribution in [0.2, 0.25) is 0 Å². The van der Waals surface area contributed by atoms with Gasteiger partial charge in [-0.25, -0.2) is 4.68 Å². The molecular weight excluding hydrogens is 246 g/mol. The molecule has 0 radical (unpaired) electrons. The molecule has 0 saturated carbocycles. The van der Waals surface area contributed by atoms with Crippen molar-refractivity contribution >= 4 is 10.9 Å². The summed E-state index contributed by atoms with van der Waals surface area (Å²) in [5.41, 5.74) is 1.16.